The second-order valence-electron chi connectivity index (χ2n) is 7.05. The van der Waals surface area contributed by atoms with E-state index in [0.717, 1.165) is 17.2 Å². The zero-order chi connectivity index (χ0) is 21.8. The van der Waals surface area contributed by atoms with Gasteiger partial charge in [0.1, 0.15) is 0 Å². The van der Waals surface area contributed by atoms with E-state index in [0.29, 0.717) is 0 Å². The van der Waals surface area contributed by atoms with Crippen molar-refractivity contribution in [3.05, 3.63) is 89.7 Å². The fourth-order valence-corrected chi connectivity index (χ4v) is 4.36. The van der Waals surface area contributed by atoms with E-state index in [1.54, 1.807) is 6.92 Å². The van der Waals surface area contributed by atoms with Crippen LogP contribution in [0, 0.1) is 0 Å². The Bertz CT molecular complexity index is 1050. The van der Waals surface area contributed by atoms with E-state index in [-0.39, 0.29) is 12.3 Å². The van der Waals surface area contributed by atoms with Gasteiger partial charge in [0, 0.05) is 12.5 Å². The van der Waals surface area contributed by atoms with Crippen molar-refractivity contribution in [2.24, 2.45) is 0 Å². The third-order valence-electron chi connectivity index (χ3n) is 4.74. The SMILES string of the molecule is COC(=O)c1ccc(S(=O)(=O)NC[C@@](C)(O)C(c2ccccc2)c2ccccc2)o1. The molecule has 0 radical (unpaired) electrons. The van der Waals surface area contributed by atoms with Gasteiger partial charge in [0.15, 0.2) is 0 Å². The molecule has 1 heterocycles. The molecule has 158 valence electrons. The Morgan fingerprint density at radius 1 is 1.03 bits per heavy atom. The van der Waals surface area contributed by atoms with Crippen LogP contribution in [0.2, 0.25) is 0 Å². The zero-order valence-electron chi connectivity index (χ0n) is 16.6. The Morgan fingerprint density at radius 2 is 1.57 bits per heavy atom. The second kappa shape index (κ2) is 8.83. The lowest BCUT2D eigenvalue weighted by Crippen LogP contribution is -2.45. The number of furan rings is 1. The first-order valence-corrected chi connectivity index (χ1v) is 10.7. The molecule has 0 aliphatic rings. The number of carbonyl (C=O) groups is 1. The van der Waals surface area contributed by atoms with Gasteiger partial charge in [-0.2, -0.15) is 0 Å². The third kappa shape index (κ3) is 4.79. The van der Waals surface area contributed by atoms with Crippen molar-refractivity contribution in [2.75, 3.05) is 13.7 Å². The van der Waals surface area contributed by atoms with Crippen molar-refractivity contribution in [1.29, 1.82) is 0 Å². The minimum absolute atomic E-state index is 0.226. The van der Waals surface area contributed by atoms with E-state index in [1.807, 2.05) is 60.7 Å². The van der Waals surface area contributed by atoms with Gasteiger partial charge in [-0.05, 0) is 30.2 Å². The van der Waals surface area contributed by atoms with E-state index in [1.165, 1.54) is 13.2 Å². The molecule has 0 aliphatic carbocycles. The lowest BCUT2D eigenvalue weighted by molar-refractivity contribution is 0.0478. The molecule has 3 rings (SSSR count). The van der Waals surface area contributed by atoms with Crippen molar-refractivity contribution in [2.45, 2.75) is 23.5 Å². The molecular formula is C22H23NO6S. The topological polar surface area (TPSA) is 106 Å². The standard InChI is InChI=1S/C22H23NO6S/c1-22(25,15-23-30(26,27)19-14-13-18(29-19)21(24)28-2)20(16-9-5-3-6-10-16)17-11-7-4-8-12-17/h3-14,20,23,25H,15H2,1-2H3/t22-/m1/s1. The fourth-order valence-electron chi connectivity index (χ4n) is 3.29. The Balaban J connectivity index is 1.86. The van der Waals surface area contributed by atoms with E-state index in [9.17, 15) is 18.3 Å². The predicted octanol–water partition coefficient (Wildman–Crippen LogP) is 2.93. The molecule has 1 atom stereocenters. The summed E-state index contributed by atoms with van der Waals surface area (Å²) in [7, 11) is -2.93. The van der Waals surface area contributed by atoms with Gasteiger partial charge in [-0.25, -0.2) is 17.9 Å². The fraction of sp³-hybridized carbons (Fsp3) is 0.227. The van der Waals surface area contributed by atoms with Crippen LogP contribution in [0.15, 0.2) is 82.3 Å². The van der Waals surface area contributed by atoms with E-state index < -0.39 is 32.6 Å². The molecule has 0 fully saturated rings. The van der Waals surface area contributed by atoms with Crippen LogP contribution < -0.4 is 4.72 Å². The van der Waals surface area contributed by atoms with Gasteiger partial charge < -0.3 is 14.3 Å². The monoisotopic (exact) mass is 429 g/mol. The molecular weight excluding hydrogens is 406 g/mol. The molecule has 0 aliphatic heterocycles. The number of sulfonamides is 1. The second-order valence-corrected chi connectivity index (χ2v) is 8.74. The first-order chi connectivity index (χ1) is 14.2. The number of methoxy groups -OCH3 is 1. The lowest BCUT2D eigenvalue weighted by atomic mass is 9.78. The number of hydrogen-bond acceptors (Lipinski definition) is 6. The van der Waals surface area contributed by atoms with Gasteiger partial charge in [0.05, 0.1) is 12.7 Å². The Morgan fingerprint density at radius 3 is 2.07 bits per heavy atom. The summed E-state index contributed by atoms with van der Waals surface area (Å²) in [5.74, 6) is -1.49. The molecule has 8 heteroatoms. The van der Waals surface area contributed by atoms with Crippen LogP contribution in [0.4, 0.5) is 0 Å². The highest BCUT2D eigenvalue weighted by molar-refractivity contribution is 7.89. The van der Waals surface area contributed by atoms with Crippen LogP contribution in [0.25, 0.3) is 0 Å². The minimum Gasteiger partial charge on any atom is -0.463 e. The summed E-state index contributed by atoms with van der Waals surface area (Å²) in [5, 5.41) is 10.9. The van der Waals surface area contributed by atoms with Crippen molar-refractivity contribution in [1.82, 2.24) is 4.72 Å². The van der Waals surface area contributed by atoms with E-state index >= 15 is 0 Å². The maximum atomic E-state index is 12.6. The Kier molecular flexibility index (Phi) is 6.40. The molecule has 0 spiro atoms. The minimum atomic E-state index is -4.10. The summed E-state index contributed by atoms with van der Waals surface area (Å²) in [4.78, 5) is 11.5. The van der Waals surface area contributed by atoms with Crippen molar-refractivity contribution in [3.8, 4) is 0 Å². The summed E-state index contributed by atoms with van der Waals surface area (Å²) in [5.41, 5.74) is 0.228. The number of rotatable bonds is 8. The van der Waals surface area contributed by atoms with E-state index in [2.05, 4.69) is 9.46 Å². The molecule has 0 amide bonds. The highest BCUT2D eigenvalue weighted by Gasteiger charge is 2.36. The molecule has 0 saturated heterocycles. The van der Waals surface area contributed by atoms with Gasteiger partial charge in [0.25, 0.3) is 10.0 Å². The van der Waals surface area contributed by atoms with Crippen molar-refractivity contribution in [3.63, 3.8) is 0 Å². The molecule has 0 bridgehead atoms. The first-order valence-electron chi connectivity index (χ1n) is 9.25. The smallest absolute Gasteiger partial charge is 0.374 e. The zero-order valence-corrected chi connectivity index (χ0v) is 17.4. The molecule has 2 N–H and O–H groups in total. The number of esters is 1. The number of ether oxygens (including phenoxy) is 1. The number of nitrogens with one attached hydrogen (secondary N) is 1. The maximum Gasteiger partial charge on any atom is 0.374 e. The van der Waals surface area contributed by atoms with Crippen molar-refractivity contribution >= 4 is 16.0 Å². The largest absolute Gasteiger partial charge is 0.463 e. The van der Waals surface area contributed by atoms with Crippen LogP contribution in [0.5, 0.6) is 0 Å². The molecule has 30 heavy (non-hydrogen) atoms. The van der Waals surface area contributed by atoms with Gasteiger partial charge in [-0.1, -0.05) is 60.7 Å². The van der Waals surface area contributed by atoms with Crippen LogP contribution in [0.3, 0.4) is 0 Å². The maximum absolute atomic E-state index is 12.6. The summed E-state index contributed by atoms with van der Waals surface area (Å²) < 4.78 is 37.3. The van der Waals surface area contributed by atoms with Crippen LogP contribution >= 0.6 is 0 Å². The number of benzene rings is 2. The van der Waals surface area contributed by atoms with Gasteiger partial charge in [-0.15, -0.1) is 0 Å². The summed E-state index contributed by atoms with van der Waals surface area (Å²) in [6.45, 7) is 1.29. The van der Waals surface area contributed by atoms with E-state index in [4.69, 9.17) is 4.42 Å². The summed E-state index contributed by atoms with van der Waals surface area (Å²) in [6.07, 6.45) is 0. The number of hydrogen-bond donors (Lipinski definition) is 2. The van der Waals surface area contributed by atoms with Gasteiger partial charge in [-0.3, -0.25) is 0 Å². The average molecular weight is 429 g/mol. The molecule has 2 aromatic carbocycles. The Hall–Kier alpha value is -2.94. The third-order valence-corrected chi connectivity index (χ3v) is 6.01. The highest BCUT2D eigenvalue weighted by Crippen LogP contribution is 2.34. The normalized spacial score (nSPS) is 13.7. The first kappa shape index (κ1) is 21.8. The molecule has 0 unspecified atom stereocenters. The lowest BCUT2D eigenvalue weighted by Gasteiger charge is -2.34. The predicted molar refractivity (Wildman–Crippen MR) is 111 cm³/mol. The van der Waals surface area contributed by atoms with Gasteiger partial charge >= 0.3 is 5.97 Å². The summed E-state index contributed by atoms with van der Waals surface area (Å²) in [6, 6.07) is 21.1. The molecule has 1 aromatic heterocycles. The quantitative estimate of drug-likeness (QED) is 0.534. The summed E-state index contributed by atoms with van der Waals surface area (Å²) >= 11 is 0. The average Bonchev–Trinajstić information content (AvgIpc) is 3.25. The number of aliphatic hydroxyl groups is 1. The van der Waals surface area contributed by atoms with Gasteiger partial charge in [0.2, 0.25) is 10.9 Å². The van der Waals surface area contributed by atoms with Crippen molar-refractivity contribution < 1.29 is 27.5 Å². The van der Waals surface area contributed by atoms with Crippen LogP contribution in [0.1, 0.15) is 34.5 Å². The molecule has 7 nitrogen and oxygen atoms in total. The Labute approximate surface area is 175 Å². The number of carbonyl (C=O) groups excluding carboxylic acids is 1. The highest BCUT2D eigenvalue weighted by atomic mass is 32.2. The van der Waals surface area contributed by atoms with Crippen LogP contribution in [-0.4, -0.2) is 38.7 Å². The molecule has 0 saturated carbocycles. The molecule has 3 aromatic rings. The van der Waals surface area contributed by atoms with Crippen LogP contribution in [-0.2, 0) is 14.8 Å².